The van der Waals surface area contributed by atoms with Crippen LogP contribution in [0.5, 0.6) is 0 Å². The zero-order valence-corrected chi connectivity index (χ0v) is 12.7. The third-order valence-electron chi connectivity index (χ3n) is 3.27. The molecule has 0 aliphatic heterocycles. The van der Waals surface area contributed by atoms with Crippen molar-refractivity contribution in [3.8, 4) is 11.3 Å². The van der Waals surface area contributed by atoms with E-state index in [0.717, 1.165) is 23.4 Å². The van der Waals surface area contributed by atoms with E-state index >= 15 is 0 Å². The molecule has 2 heterocycles. The molecule has 0 N–H and O–H groups in total. The number of aromatic nitrogens is 3. The molecule has 0 radical (unpaired) electrons. The van der Waals surface area contributed by atoms with Gasteiger partial charge in [-0.1, -0.05) is 47.6 Å². The molecule has 0 unspecified atom stereocenters. The summed E-state index contributed by atoms with van der Waals surface area (Å²) in [6, 6.07) is 11.9. The van der Waals surface area contributed by atoms with Crippen molar-refractivity contribution in [2.24, 2.45) is 0 Å². The Morgan fingerprint density at radius 3 is 2.59 bits per heavy atom. The van der Waals surface area contributed by atoms with Crippen LogP contribution in [0.15, 0.2) is 45.4 Å². The van der Waals surface area contributed by atoms with E-state index in [-0.39, 0.29) is 0 Å². The molecule has 0 aliphatic carbocycles. The molecule has 6 nitrogen and oxygen atoms in total. The van der Waals surface area contributed by atoms with Crippen molar-refractivity contribution in [2.45, 2.75) is 26.4 Å². The lowest BCUT2D eigenvalue weighted by molar-refractivity contribution is 0.289. The normalized spacial score (nSPS) is 11.2. The summed E-state index contributed by atoms with van der Waals surface area (Å²) in [7, 11) is 1.98. The van der Waals surface area contributed by atoms with E-state index in [1.165, 1.54) is 0 Å². The van der Waals surface area contributed by atoms with Crippen LogP contribution in [0.2, 0.25) is 0 Å². The van der Waals surface area contributed by atoms with Gasteiger partial charge in [-0.3, -0.25) is 4.90 Å². The topological polar surface area (TPSA) is 68.2 Å². The van der Waals surface area contributed by atoms with Gasteiger partial charge in [-0.2, -0.15) is 4.98 Å². The Bertz CT molecular complexity index is 721. The second-order valence-corrected chi connectivity index (χ2v) is 5.18. The van der Waals surface area contributed by atoms with Crippen LogP contribution in [0.1, 0.15) is 24.3 Å². The molecule has 0 fully saturated rings. The molecule has 1 aromatic carbocycles. The first-order valence-electron chi connectivity index (χ1n) is 7.25. The molecule has 0 saturated heterocycles. The number of nitrogens with zero attached hydrogens (tertiary/aromatic N) is 4. The van der Waals surface area contributed by atoms with E-state index in [1.807, 2.05) is 50.4 Å². The summed E-state index contributed by atoms with van der Waals surface area (Å²) in [5.41, 5.74) is 1.90. The van der Waals surface area contributed by atoms with Crippen molar-refractivity contribution in [1.29, 1.82) is 0 Å². The largest absolute Gasteiger partial charge is 0.356 e. The molecular formula is C16H18N4O2. The Kier molecular flexibility index (Phi) is 4.29. The van der Waals surface area contributed by atoms with Gasteiger partial charge in [0.05, 0.1) is 12.2 Å². The van der Waals surface area contributed by atoms with Crippen LogP contribution in [0, 0.1) is 0 Å². The van der Waals surface area contributed by atoms with Crippen molar-refractivity contribution < 1.29 is 9.05 Å². The summed E-state index contributed by atoms with van der Waals surface area (Å²) in [6.07, 6.45) is 0.750. The Hall–Kier alpha value is -2.47. The fourth-order valence-electron chi connectivity index (χ4n) is 2.20. The SMILES string of the molecule is CCc1nc(CN(C)Cc2cc(-c3ccccc3)on2)no1. The van der Waals surface area contributed by atoms with Crippen LogP contribution in [-0.4, -0.2) is 27.2 Å². The second-order valence-electron chi connectivity index (χ2n) is 5.18. The first kappa shape index (κ1) is 14.5. The summed E-state index contributed by atoms with van der Waals surface area (Å²) >= 11 is 0. The number of benzene rings is 1. The molecule has 6 heteroatoms. The molecule has 0 aliphatic rings. The molecule has 0 amide bonds. The molecule has 22 heavy (non-hydrogen) atoms. The summed E-state index contributed by atoms with van der Waals surface area (Å²) in [5, 5.41) is 8.06. The highest BCUT2D eigenvalue weighted by Crippen LogP contribution is 2.20. The van der Waals surface area contributed by atoms with Crippen molar-refractivity contribution in [1.82, 2.24) is 20.2 Å². The summed E-state index contributed by atoms with van der Waals surface area (Å²) in [4.78, 5) is 6.37. The highest BCUT2D eigenvalue weighted by molar-refractivity contribution is 5.56. The highest BCUT2D eigenvalue weighted by atomic mass is 16.5. The first-order chi connectivity index (χ1) is 10.7. The van der Waals surface area contributed by atoms with Crippen LogP contribution in [0.3, 0.4) is 0 Å². The van der Waals surface area contributed by atoms with Gasteiger partial charge < -0.3 is 9.05 Å². The summed E-state index contributed by atoms with van der Waals surface area (Å²) in [6.45, 7) is 3.25. The smallest absolute Gasteiger partial charge is 0.226 e. The maximum atomic E-state index is 5.40. The van der Waals surface area contributed by atoms with Crippen molar-refractivity contribution in [3.05, 3.63) is 53.8 Å². The first-order valence-corrected chi connectivity index (χ1v) is 7.25. The summed E-state index contributed by atoms with van der Waals surface area (Å²) in [5.74, 6) is 2.12. The Balaban J connectivity index is 1.62. The molecule has 3 aromatic rings. The molecule has 0 atom stereocenters. The quantitative estimate of drug-likeness (QED) is 0.697. The van der Waals surface area contributed by atoms with Crippen molar-refractivity contribution in [2.75, 3.05) is 7.05 Å². The van der Waals surface area contributed by atoms with Crippen molar-refractivity contribution >= 4 is 0 Å². The third kappa shape index (κ3) is 3.40. The minimum Gasteiger partial charge on any atom is -0.356 e. The number of rotatable bonds is 6. The predicted molar refractivity (Wildman–Crippen MR) is 80.8 cm³/mol. The van der Waals surface area contributed by atoms with Crippen LogP contribution < -0.4 is 0 Å². The van der Waals surface area contributed by atoms with Gasteiger partial charge in [0.15, 0.2) is 11.6 Å². The Morgan fingerprint density at radius 1 is 1.05 bits per heavy atom. The average Bonchev–Trinajstić information content (AvgIpc) is 3.17. The van der Waals surface area contributed by atoms with Crippen LogP contribution in [0.4, 0.5) is 0 Å². The molecule has 0 saturated carbocycles. The van der Waals surface area contributed by atoms with Gasteiger partial charge in [-0.15, -0.1) is 0 Å². The van der Waals surface area contributed by atoms with Gasteiger partial charge >= 0.3 is 0 Å². The van der Waals surface area contributed by atoms with E-state index in [2.05, 4.69) is 20.2 Å². The molecular weight excluding hydrogens is 280 g/mol. The fraction of sp³-hybridized carbons (Fsp3) is 0.312. The standard InChI is InChI=1S/C16H18N4O2/c1-3-16-17-15(19-22-16)11-20(2)10-13-9-14(21-18-13)12-7-5-4-6-8-12/h4-9H,3,10-11H2,1-2H3. The minimum atomic E-state index is 0.608. The van der Waals surface area contributed by atoms with Gasteiger partial charge in [-0.05, 0) is 7.05 Å². The predicted octanol–water partition coefficient (Wildman–Crippen LogP) is 2.92. The molecule has 3 rings (SSSR count). The van der Waals surface area contributed by atoms with Gasteiger partial charge in [-0.25, -0.2) is 0 Å². The van der Waals surface area contributed by atoms with Crippen LogP contribution >= 0.6 is 0 Å². The van der Waals surface area contributed by atoms with E-state index in [4.69, 9.17) is 9.05 Å². The Labute approximate surface area is 128 Å². The van der Waals surface area contributed by atoms with E-state index < -0.39 is 0 Å². The lowest BCUT2D eigenvalue weighted by Crippen LogP contribution is -2.18. The fourth-order valence-corrected chi connectivity index (χ4v) is 2.20. The lowest BCUT2D eigenvalue weighted by Gasteiger charge is -2.11. The van der Waals surface area contributed by atoms with Gasteiger partial charge in [0.25, 0.3) is 0 Å². The average molecular weight is 298 g/mol. The van der Waals surface area contributed by atoms with Gasteiger partial charge in [0.2, 0.25) is 5.89 Å². The Morgan fingerprint density at radius 2 is 1.86 bits per heavy atom. The minimum absolute atomic E-state index is 0.608. The molecule has 114 valence electrons. The monoisotopic (exact) mass is 298 g/mol. The zero-order valence-electron chi connectivity index (χ0n) is 12.7. The number of hydrogen-bond acceptors (Lipinski definition) is 6. The van der Waals surface area contributed by atoms with E-state index in [1.54, 1.807) is 0 Å². The maximum absolute atomic E-state index is 5.40. The van der Waals surface area contributed by atoms with E-state index in [9.17, 15) is 0 Å². The van der Waals surface area contributed by atoms with Crippen LogP contribution in [-0.2, 0) is 19.5 Å². The maximum Gasteiger partial charge on any atom is 0.226 e. The van der Waals surface area contributed by atoms with E-state index in [0.29, 0.717) is 24.8 Å². The summed E-state index contributed by atoms with van der Waals surface area (Å²) < 4.78 is 10.5. The lowest BCUT2D eigenvalue weighted by atomic mass is 10.1. The van der Waals surface area contributed by atoms with Crippen LogP contribution in [0.25, 0.3) is 11.3 Å². The highest BCUT2D eigenvalue weighted by Gasteiger charge is 2.11. The third-order valence-corrected chi connectivity index (χ3v) is 3.27. The van der Waals surface area contributed by atoms with Crippen molar-refractivity contribution in [3.63, 3.8) is 0 Å². The second kappa shape index (κ2) is 6.53. The number of hydrogen-bond donors (Lipinski definition) is 0. The number of aryl methyl sites for hydroxylation is 1. The molecule has 0 spiro atoms. The van der Waals surface area contributed by atoms with Gasteiger partial charge in [0.1, 0.15) is 0 Å². The zero-order chi connectivity index (χ0) is 15.4. The van der Waals surface area contributed by atoms with Gasteiger partial charge in [0, 0.05) is 24.6 Å². The molecule has 2 aromatic heterocycles. The molecule has 0 bridgehead atoms.